The van der Waals surface area contributed by atoms with Gasteiger partial charge in [-0.2, -0.15) is 0 Å². The van der Waals surface area contributed by atoms with E-state index in [2.05, 4.69) is 10.3 Å². The van der Waals surface area contributed by atoms with Gasteiger partial charge in [-0.15, -0.1) is 0 Å². The SMILES string of the molecule is O=C(c1ccccn1)c1ccccc1NC1=CC(=O)N(CCO)C1=O. The number of carbonyl (C=O) groups is 3. The molecule has 0 bridgehead atoms. The van der Waals surface area contributed by atoms with Crippen molar-refractivity contribution in [3.63, 3.8) is 0 Å². The normalized spacial score (nSPS) is 13.8. The van der Waals surface area contributed by atoms with E-state index < -0.39 is 11.8 Å². The molecule has 1 aromatic heterocycles. The lowest BCUT2D eigenvalue weighted by molar-refractivity contribution is -0.137. The maximum absolute atomic E-state index is 12.6. The third kappa shape index (κ3) is 3.31. The van der Waals surface area contributed by atoms with E-state index in [1.807, 2.05) is 0 Å². The number of amides is 2. The predicted octanol–water partition coefficient (Wildman–Crippen LogP) is 0.969. The zero-order chi connectivity index (χ0) is 17.8. The Kier molecular flexibility index (Phi) is 4.67. The van der Waals surface area contributed by atoms with Gasteiger partial charge in [0.15, 0.2) is 0 Å². The molecule has 25 heavy (non-hydrogen) atoms. The molecule has 2 N–H and O–H groups in total. The summed E-state index contributed by atoms with van der Waals surface area (Å²) >= 11 is 0. The highest BCUT2D eigenvalue weighted by atomic mass is 16.3. The first-order valence-electron chi connectivity index (χ1n) is 7.62. The number of aliphatic hydroxyl groups is 1. The molecule has 0 radical (unpaired) electrons. The second-order valence-corrected chi connectivity index (χ2v) is 5.29. The van der Waals surface area contributed by atoms with Crippen molar-refractivity contribution in [3.8, 4) is 0 Å². The zero-order valence-corrected chi connectivity index (χ0v) is 13.2. The Morgan fingerprint density at radius 3 is 2.60 bits per heavy atom. The van der Waals surface area contributed by atoms with E-state index >= 15 is 0 Å². The summed E-state index contributed by atoms with van der Waals surface area (Å²) in [6.45, 7) is -0.388. The largest absolute Gasteiger partial charge is 0.395 e. The minimum Gasteiger partial charge on any atom is -0.395 e. The molecule has 0 spiro atoms. The van der Waals surface area contributed by atoms with Gasteiger partial charge in [0, 0.05) is 23.5 Å². The van der Waals surface area contributed by atoms with Gasteiger partial charge < -0.3 is 10.4 Å². The fourth-order valence-electron chi connectivity index (χ4n) is 2.48. The van der Waals surface area contributed by atoms with Crippen LogP contribution >= 0.6 is 0 Å². The monoisotopic (exact) mass is 337 g/mol. The molecule has 7 nitrogen and oxygen atoms in total. The molecule has 3 rings (SSSR count). The minimum atomic E-state index is -0.542. The Morgan fingerprint density at radius 2 is 1.88 bits per heavy atom. The second-order valence-electron chi connectivity index (χ2n) is 5.29. The van der Waals surface area contributed by atoms with Gasteiger partial charge in [-0.3, -0.25) is 24.3 Å². The van der Waals surface area contributed by atoms with Gasteiger partial charge in [-0.05, 0) is 24.3 Å². The van der Waals surface area contributed by atoms with Gasteiger partial charge in [0.05, 0.1) is 13.2 Å². The summed E-state index contributed by atoms with van der Waals surface area (Å²) in [5.74, 6) is -1.34. The molecule has 1 aliphatic rings. The van der Waals surface area contributed by atoms with Crippen LogP contribution in [0.4, 0.5) is 5.69 Å². The van der Waals surface area contributed by atoms with Crippen molar-refractivity contribution >= 4 is 23.3 Å². The van der Waals surface area contributed by atoms with Crippen LogP contribution < -0.4 is 5.32 Å². The smallest absolute Gasteiger partial charge is 0.277 e. The van der Waals surface area contributed by atoms with Crippen molar-refractivity contribution in [1.82, 2.24) is 9.88 Å². The number of para-hydroxylation sites is 1. The number of nitrogens with one attached hydrogen (secondary N) is 1. The van der Waals surface area contributed by atoms with Crippen molar-refractivity contribution in [2.45, 2.75) is 0 Å². The number of carbonyl (C=O) groups excluding carboxylic acids is 3. The molecule has 0 saturated heterocycles. The predicted molar refractivity (Wildman–Crippen MR) is 89.6 cm³/mol. The third-order valence-corrected chi connectivity index (χ3v) is 3.67. The summed E-state index contributed by atoms with van der Waals surface area (Å²) in [6.07, 6.45) is 2.68. The Morgan fingerprint density at radius 1 is 1.12 bits per heavy atom. The Balaban J connectivity index is 1.88. The van der Waals surface area contributed by atoms with Crippen LogP contribution in [-0.4, -0.2) is 45.7 Å². The molecule has 0 saturated carbocycles. The number of β-amino-alcohol motifs (C(OH)–C–C–N with tert-alkyl or cyclic N) is 1. The van der Waals surface area contributed by atoms with Gasteiger partial charge in [-0.1, -0.05) is 18.2 Å². The number of anilines is 1. The van der Waals surface area contributed by atoms with Crippen LogP contribution in [0.25, 0.3) is 0 Å². The molecule has 2 aromatic rings. The highest BCUT2D eigenvalue weighted by Crippen LogP contribution is 2.22. The molecule has 1 aromatic carbocycles. The van der Waals surface area contributed by atoms with Crippen LogP contribution in [0.5, 0.6) is 0 Å². The van der Waals surface area contributed by atoms with Crippen molar-refractivity contribution in [3.05, 3.63) is 71.7 Å². The first kappa shape index (κ1) is 16.5. The molecule has 2 amide bonds. The lowest BCUT2D eigenvalue weighted by atomic mass is 10.1. The van der Waals surface area contributed by atoms with Crippen LogP contribution in [0.3, 0.4) is 0 Å². The maximum atomic E-state index is 12.6. The van der Waals surface area contributed by atoms with E-state index in [1.165, 1.54) is 6.20 Å². The van der Waals surface area contributed by atoms with Gasteiger partial charge in [0.1, 0.15) is 11.4 Å². The summed E-state index contributed by atoms with van der Waals surface area (Å²) in [7, 11) is 0. The third-order valence-electron chi connectivity index (χ3n) is 3.67. The summed E-state index contributed by atoms with van der Waals surface area (Å²) in [5.41, 5.74) is 1.07. The van der Waals surface area contributed by atoms with Crippen LogP contribution in [0, 0.1) is 0 Å². The van der Waals surface area contributed by atoms with Crippen molar-refractivity contribution in [2.24, 2.45) is 0 Å². The Hall–Kier alpha value is -3.32. The molecule has 0 unspecified atom stereocenters. The fraction of sp³-hybridized carbons (Fsp3) is 0.111. The fourth-order valence-corrected chi connectivity index (χ4v) is 2.48. The lowest BCUT2D eigenvalue weighted by Gasteiger charge is -2.14. The number of rotatable bonds is 6. The van der Waals surface area contributed by atoms with Gasteiger partial charge in [-0.25, -0.2) is 0 Å². The van der Waals surface area contributed by atoms with Gasteiger partial charge in [0.25, 0.3) is 11.8 Å². The number of imide groups is 1. The Bertz CT molecular complexity index is 862. The summed E-state index contributed by atoms with van der Waals surface area (Å²) < 4.78 is 0. The number of benzene rings is 1. The minimum absolute atomic E-state index is 0.0553. The van der Waals surface area contributed by atoms with Crippen LogP contribution in [0.15, 0.2) is 60.4 Å². The molecule has 126 valence electrons. The second kappa shape index (κ2) is 7.06. The summed E-state index contributed by atoms with van der Waals surface area (Å²) in [6, 6.07) is 11.7. The highest BCUT2D eigenvalue weighted by molar-refractivity contribution is 6.18. The molecule has 0 atom stereocenters. The zero-order valence-electron chi connectivity index (χ0n) is 13.2. The van der Waals surface area contributed by atoms with Gasteiger partial charge in [0.2, 0.25) is 5.78 Å². The molecule has 0 aliphatic carbocycles. The van der Waals surface area contributed by atoms with Crippen molar-refractivity contribution in [2.75, 3.05) is 18.5 Å². The van der Waals surface area contributed by atoms with E-state index in [0.717, 1.165) is 11.0 Å². The van der Waals surface area contributed by atoms with E-state index in [0.29, 0.717) is 11.3 Å². The maximum Gasteiger partial charge on any atom is 0.277 e. The van der Waals surface area contributed by atoms with Gasteiger partial charge >= 0.3 is 0 Å². The molecule has 1 aliphatic heterocycles. The van der Waals surface area contributed by atoms with Crippen LogP contribution in [0.2, 0.25) is 0 Å². The van der Waals surface area contributed by atoms with E-state index in [9.17, 15) is 14.4 Å². The van der Waals surface area contributed by atoms with Crippen molar-refractivity contribution in [1.29, 1.82) is 0 Å². The molecular formula is C18H15N3O4. The number of nitrogens with zero attached hydrogens (tertiary/aromatic N) is 2. The standard InChI is InChI=1S/C18H15N3O4/c22-10-9-21-16(23)11-15(18(21)25)20-13-6-2-1-5-12(13)17(24)14-7-3-4-8-19-14/h1-8,11,20,22H,9-10H2. The van der Waals surface area contributed by atoms with Crippen LogP contribution in [0.1, 0.15) is 16.1 Å². The quantitative estimate of drug-likeness (QED) is 0.602. The molecule has 7 heteroatoms. The number of ketones is 1. The summed E-state index contributed by atoms with van der Waals surface area (Å²) in [5, 5.41) is 11.8. The van der Waals surface area contributed by atoms with E-state index in [-0.39, 0.29) is 30.3 Å². The van der Waals surface area contributed by atoms with Crippen LogP contribution in [-0.2, 0) is 9.59 Å². The molecule has 0 fully saturated rings. The first-order chi connectivity index (χ1) is 12.1. The highest BCUT2D eigenvalue weighted by Gasteiger charge is 2.31. The summed E-state index contributed by atoms with van der Waals surface area (Å²) in [4.78, 5) is 41.7. The number of hydrogen-bond donors (Lipinski definition) is 2. The molecule has 2 heterocycles. The Labute approximate surface area is 143 Å². The van der Waals surface area contributed by atoms with E-state index in [4.69, 9.17) is 5.11 Å². The lowest BCUT2D eigenvalue weighted by Crippen LogP contribution is -2.34. The number of aliphatic hydroxyl groups excluding tert-OH is 1. The molecular weight excluding hydrogens is 322 g/mol. The first-order valence-corrected chi connectivity index (χ1v) is 7.62. The average Bonchev–Trinajstić information content (AvgIpc) is 2.90. The number of aromatic nitrogens is 1. The topological polar surface area (TPSA) is 99.6 Å². The van der Waals surface area contributed by atoms with Crippen molar-refractivity contribution < 1.29 is 19.5 Å². The number of pyridine rings is 1. The average molecular weight is 337 g/mol. The van der Waals surface area contributed by atoms with E-state index in [1.54, 1.807) is 42.5 Å². The number of hydrogen-bond acceptors (Lipinski definition) is 6.